The Morgan fingerprint density at radius 2 is 1.96 bits per heavy atom. The summed E-state index contributed by atoms with van der Waals surface area (Å²) in [5.41, 5.74) is 0.774. The normalized spacial score (nSPS) is 11.8. The molecule has 0 radical (unpaired) electrons. The third-order valence-electron chi connectivity index (χ3n) is 3.72. The second kappa shape index (κ2) is 8.88. The van der Waals surface area contributed by atoms with Crippen LogP contribution in [0, 0.1) is 0 Å². The molecule has 0 saturated heterocycles. The first kappa shape index (κ1) is 19.2. The lowest BCUT2D eigenvalue weighted by Gasteiger charge is -2.16. The highest BCUT2D eigenvalue weighted by atomic mass is 35.5. The van der Waals surface area contributed by atoms with Crippen molar-refractivity contribution < 1.29 is 14.1 Å². The molecule has 2 aromatic carbocycles. The van der Waals surface area contributed by atoms with Crippen LogP contribution in [0.2, 0.25) is 10.0 Å². The van der Waals surface area contributed by atoms with Crippen molar-refractivity contribution in [3.05, 3.63) is 64.5 Å². The molecule has 1 heterocycles. The van der Waals surface area contributed by atoms with Gasteiger partial charge in [-0.2, -0.15) is 4.98 Å². The van der Waals surface area contributed by atoms with Crippen molar-refractivity contribution in [3.63, 3.8) is 0 Å². The third kappa shape index (κ3) is 5.21. The van der Waals surface area contributed by atoms with Gasteiger partial charge in [0.05, 0.1) is 6.54 Å². The molecule has 0 aliphatic rings. The van der Waals surface area contributed by atoms with Gasteiger partial charge in [-0.3, -0.25) is 4.79 Å². The van der Waals surface area contributed by atoms with Gasteiger partial charge in [0.1, 0.15) is 5.75 Å². The molecule has 0 aliphatic carbocycles. The average molecular weight is 406 g/mol. The summed E-state index contributed by atoms with van der Waals surface area (Å²) in [7, 11) is 0. The SMILES string of the molecule is CC[C@@H](Oc1cccc(Cl)c1)C(=O)NCc1nc(-c2ccc(Cl)cc2)no1. The molecule has 140 valence electrons. The molecule has 3 aromatic rings. The number of aromatic nitrogens is 2. The molecule has 8 heteroatoms. The molecule has 1 atom stereocenters. The van der Waals surface area contributed by atoms with Crippen LogP contribution in [0.15, 0.2) is 53.1 Å². The zero-order chi connectivity index (χ0) is 19.2. The molecule has 1 amide bonds. The van der Waals surface area contributed by atoms with Crippen molar-refractivity contribution >= 4 is 29.1 Å². The fourth-order valence-corrected chi connectivity index (χ4v) is 2.65. The van der Waals surface area contributed by atoms with Gasteiger partial charge >= 0.3 is 0 Å². The number of hydrogen-bond acceptors (Lipinski definition) is 5. The molecule has 27 heavy (non-hydrogen) atoms. The van der Waals surface area contributed by atoms with E-state index >= 15 is 0 Å². The van der Waals surface area contributed by atoms with E-state index in [1.165, 1.54) is 0 Å². The summed E-state index contributed by atoms with van der Waals surface area (Å²) in [5, 5.41) is 7.82. The maximum absolute atomic E-state index is 12.4. The Labute approximate surface area is 166 Å². The molecule has 6 nitrogen and oxygen atoms in total. The van der Waals surface area contributed by atoms with Crippen LogP contribution in [0.4, 0.5) is 0 Å². The number of hydrogen-bond donors (Lipinski definition) is 1. The number of nitrogens with one attached hydrogen (secondary N) is 1. The van der Waals surface area contributed by atoms with E-state index in [0.29, 0.717) is 33.9 Å². The zero-order valence-electron chi connectivity index (χ0n) is 14.5. The van der Waals surface area contributed by atoms with Crippen LogP contribution in [-0.2, 0) is 11.3 Å². The lowest BCUT2D eigenvalue weighted by molar-refractivity contribution is -0.128. The van der Waals surface area contributed by atoms with Crippen molar-refractivity contribution in [2.45, 2.75) is 26.0 Å². The number of carbonyl (C=O) groups excluding carboxylic acids is 1. The summed E-state index contributed by atoms with van der Waals surface area (Å²) >= 11 is 11.8. The van der Waals surface area contributed by atoms with Gasteiger partial charge in [0.25, 0.3) is 5.91 Å². The van der Waals surface area contributed by atoms with E-state index in [0.717, 1.165) is 5.56 Å². The van der Waals surface area contributed by atoms with E-state index in [-0.39, 0.29) is 12.5 Å². The number of benzene rings is 2. The molecule has 0 bridgehead atoms. The Hall–Kier alpha value is -2.57. The van der Waals surface area contributed by atoms with Crippen LogP contribution < -0.4 is 10.1 Å². The van der Waals surface area contributed by atoms with Crippen LogP contribution in [0.3, 0.4) is 0 Å². The Bertz CT molecular complexity index is 913. The summed E-state index contributed by atoms with van der Waals surface area (Å²) in [5.74, 6) is 0.986. The first-order valence-electron chi connectivity index (χ1n) is 8.33. The zero-order valence-corrected chi connectivity index (χ0v) is 16.0. The molecule has 0 fully saturated rings. The monoisotopic (exact) mass is 405 g/mol. The maximum atomic E-state index is 12.4. The van der Waals surface area contributed by atoms with Crippen LogP contribution in [0.5, 0.6) is 5.75 Å². The van der Waals surface area contributed by atoms with Gasteiger partial charge in [-0.1, -0.05) is 41.3 Å². The highest BCUT2D eigenvalue weighted by Gasteiger charge is 2.19. The van der Waals surface area contributed by atoms with Gasteiger partial charge in [-0.25, -0.2) is 0 Å². The Balaban J connectivity index is 1.58. The van der Waals surface area contributed by atoms with Crippen molar-refractivity contribution in [2.75, 3.05) is 0 Å². The first-order valence-corrected chi connectivity index (χ1v) is 9.09. The molecule has 3 rings (SSSR count). The van der Waals surface area contributed by atoms with Crippen molar-refractivity contribution in [2.24, 2.45) is 0 Å². The Morgan fingerprint density at radius 1 is 1.19 bits per heavy atom. The van der Waals surface area contributed by atoms with E-state index < -0.39 is 6.10 Å². The highest BCUT2D eigenvalue weighted by molar-refractivity contribution is 6.30. The fourth-order valence-electron chi connectivity index (χ4n) is 2.35. The molecule has 0 aliphatic heterocycles. The minimum absolute atomic E-state index is 0.106. The number of amides is 1. The molecule has 1 aromatic heterocycles. The number of ether oxygens (including phenoxy) is 1. The quantitative estimate of drug-likeness (QED) is 0.625. The van der Waals surface area contributed by atoms with E-state index in [4.69, 9.17) is 32.5 Å². The van der Waals surface area contributed by atoms with E-state index in [2.05, 4.69) is 15.5 Å². The second-order valence-electron chi connectivity index (χ2n) is 5.71. The molecule has 0 saturated carbocycles. The van der Waals surface area contributed by atoms with Gasteiger partial charge in [-0.05, 0) is 48.9 Å². The van der Waals surface area contributed by atoms with E-state index in [1.807, 2.05) is 6.92 Å². The van der Waals surface area contributed by atoms with Crippen LogP contribution in [-0.4, -0.2) is 22.2 Å². The molecular formula is C19H17Cl2N3O3. The molecule has 0 spiro atoms. The molecular weight excluding hydrogens is 389 g/mol. The van der Waals surface area contributed by atoms with Crippen molar-refractivity contribution in [3.8, 4) is 17.1 Å². The predicted molar refractivity (Wildman–Crippen MR) is 103 cm³/mol. The van der Waals surface area contributed by atoms with Gasteiger partial charge < -0.3 is 14.6 Å². The van der Waals surface area contributed by atoms with Gasteiger partial charge in [0, 0.05) is 15.6 Å². The van der Waals surface area contributed by atoms with Gasteiger partial charge in [0.15, 0.2) is 6.10 Å². The summed E-state index contributed by atoms with van der Waals surface area (Å²) in [6, 6.07) is 14.0. The topological polar surface area (TPSA) is 77.2 Å². The van der Waals surface area contributed by atoms with Crippen molar-refractivity contribution in [1.29, 1.82) is 0 Å². The fraction of sp³-hybridized carbons (Fsp3) is 0.211. The smallest absolute Gasteiger partial charge is 0.261 e. The number of carbonyl (C=O) groups is 1. The summed E-state index contributed by atoms with van der Waals surface area (Å²) in [4.78, 5) is 16.6. The lowest BCUT2D eigenvalue weighted by Crippen LogP contribution is -2.37. The van der Waals surface area contributed by atoms with Crippen LogP contribution in [0.1, 0.15) is 19.2 Å². The van der Waals surface area contributed by atoms with E-state index in [1.54, 1.807) is 48.5 Å². The number of halogens is 2. The third-order valence-corrected chi connectivity index (χ3v) is 4.21. The largest absolute Gasteiger partial charge is 0.481 e. The summed E-state index contributed by atoms with van der Waals surface area (Å²) < 4.78 is 10.9. The van der Waals surface area contributed by atoms with Gasteiger partial charge in [-0.15, -0.1) is 0 Å². The number of nitrogens with zero attached hydrogens (tertiary/aromatic N) is 2. The highest BCUT2D eigenvalue weighted by Crippen LogP contribution is 2.20. The number of rotatable bonds is 7. The summed E-state index contributed by atoms with van der Waals surface area (Å²) in [6.07, 6.45) is -0.153. The molecule has 1 N–H and O–H groups in total. The van der Waals surface area contributed by atoms with E-state index in [9.17, 15) is 4.79 Å². The minimum atomic E-state index is -0.651. The maximum Gasteiger partial charge on any atom is 0.261 e. The van der Waals surface area contributed by atoms with Crippen LogP contribution in [0.25, 0.3) is 11.4 Å². The van der Waals surface area contributed by atoms with Crippen LogP contribution >= 0.6 is 23.2 Å². The molecule has 0 unspecified atom stereocenters. The predicted octanol–water partition coefficient (Wildman–Crippen LogP) is 4.52. The summed E-state index contributed by atoms with van der Waals surface area (Å²) in [6.45, 7) is 1.97. The minimum Gasteiger partial charge on any atom is -0.481 e. The second-order valence-corrected chi connectivity index (χ2v) is 6.58. The Morgan fingerprint density at radius 3 is 2.67 bits per heavy atom. The van der Waals surface area contributed by atoms with Gasteiger partial charge in [0.2, 0.25) is 11.7 Å². The standard InChI is InChI=1S/C19H17Cl2N3O3/c1-2-16(26-15-5-3-4-14(21)10-15)19(25)22-11-17-23-18(24-27-17)12-6-8-13(20)9-7-12/h3-10,16H,2,11H2,1H3,(H,22,25)/t16-/m1/s1. The average Bonchev–Trinajstić information content (AvgIpc) is 3.14. The Kier molecular flexibility index (Phi) is 6.32. The van der Waals surface area contributed by atoms with Crippen molar-refractivity contribution in [1.82, 2.24) is 15.5 Å². The first-order chi connectivity index (χ1) is 13.0. The lowest BCUT2D eigenvalue weighted by atomic mass is 10.2.